The fourth-order valence-electron chi connectivity index (χ4n) is 12.8. The van der Waals surface area contributed by atoms with Crippen molar-refractivity contribution >= 4 is 11.6 Å². The number of para-hydroxylation sites is 1. The van der Waals surface area contributed by atoms with Gasteiger partial charge in [0.1, 0.15) is 80.5 Å². The number of hydrogen-bond donors (Lipinski definition) is 5. The molecular weight excluding hydrogens is 1030 g/mol. The predicted molar refractivity (Wildman–Crippen MR) is 337 cm³/mol. The number of carbonyl (C=O) groups is 1. The number of nitrogens with zero attached hydrogens (tertiary/aromatic N) is 4. The van der Waals surface area contributed by atoms with Gasteiger partial charge in [-0.05, 0) is 183 Å². The number of amides is 1. The van der Waals surface area contributed by atoms with Crippen LogP contribution < -0.4 is 5.32 Å². The van der Waals surface area contributed by atoms with Crippen molar-refractivity contribution in [3.8, 4) is 0 Å². The first-order valence-corrected chi connectivity index (χ1v) is 28.9. The molecule has 0 atom stereocenters. The molecule has 0 radical (unpaired) electrons. The van der Waals surface area contributed by atoms with E-state index in [-0.39, 0.29) is 5.91 Å². The second-order valence-corrected chi connectivity index (χ2v) is 23.3. The molecule has 10 heteroatoms. The summed E-state index contributed by atoms with van der Waals surface area (Å²) in [5, 5.41) is 3.34. The molecule has 1 aliphatic rings. The van der Waals surface area contributed by atoms with Gasteiger partial charge in [-0.25, -0.2) is 0 Å². The van der Waals surface area contributed by atoms with Gasteiger partial charge in [0, 0.05) is 77.7 Å². The molecule has 11 aromatic rings. The molecule has 0 aliphatic carbocycles. The second-order valence-electron chi connectivity index (χ2n) is 23.3. The zero-order valence-electron chi connectivity index (χ0n) is 49.9. The van der Waals surface area contributed by atoms with Gasteiger partial charge in [0.2, 0.25) is 0 Å². The third-order valence-electron chi connectivity index (χ3n) is 16.3. The van der Waals surface area contributed by atoms with E-state index in [0.29, 0.717) is 30.9 Å². The first-order valence-electron chi connectivity index (χ1n) is 28.9. The standard InChI is InChI=1S/C74H70N9O/c1-42-16-19-54(75-36-42)39-83(40-55-20-17-43(2)37-76-55)41-56-21-18-53(38-77-56)74(84)82-58-15-13-12-14-57(58)70-59-22-24-61(78-59)71(67-47(6)30-44(3)31-48(67)7)63-26-28-65(80-63)73(69-51(10)34-46(5)35-52(69)11)66-29-27-64(81-66)72(62-25-23-60(70)79-62)68-49(8)32-45(4)33-50(68)9/h12-38,78-81H,39-41H2,1-11H3/q+3/p+1. The third kappa shape index (κ3) is 11.0. The Morgan fingerprint density at radius 2 is 0.702 bits per heavy atom. The van der Waals surface area contributed by atoms with Gasteiger partial charge in [0.15, 0.2) is 0 Å². The second kappa shape index (κ2) is 22.6. The van der Waals surface area contributed by atoms with Gasteiger partial charge in [-0.15, -0.1) is 0 Å². The van der Waals surface area contributed by atoms with Gasteiger partial charge in [0.25, 0.3) is 5.91 Å². The lowest BCUT2D eigenvalue weighted by Gasteiger charge is -2.21. The molecule has 0 unspecified atom stereocenters. The van der Waals surface area contributed by atoms with E-state index in [0.717, 1.165) is 114 Å². The topological polar surface area (TPSA) is 134 Å². The highest BCUT2D eigenvalue weighted by Gasteiger charge is 2.41. The Hall–Kier alpha value is -9.64. The summed E-state index contributed by atoms with van der Waals surface area (Å²) in [5.74, 6) is 3.85. The number of aromatic amines is 4. The van der Waals surface area contributed by atoms with Crippen molar-refractivity contribution < 1.29 is 4.79 Å². The predicted octanol–water partition coefficient (Wildman–Crippen LogP) is 15.4. The maximum atomic E-state index is 14.7. The SMILES string of the molecule is Cc1ccc(CN(Cc2ccc(C)cn2)Cc2ccc(C(=O)Nc3ccccc3[C+]3c4ccc([nH]4)[C+](c4c(C)cc(C)cc4C)c4ccc([nH]4)[C+](c4c(C)cc(C)cc4C)c4ccc([nH]4)[C+](c4c(C)cc(C)cc4C)c4ccc3[nH]4)cn2)nc1. The largest absolute Gasteiger partial charge is 0.327 e. The number of hydrogen-bond acceptors (Lipinski definition) is 5. The number of rotatable bonds is 12. The number of benzene rings is 4. The Morgan fingerprint density at radius 3 is 1.02 bits per heavy atom. The molecule has 4 aromatic carbocycles. The van der Waals surface area contributed by atoms with Crippen molar-refractivity contribution in [2.24, 2.45) is 0 Å². The highest BCUT2D eigenvalue weighted by molar-refractivity contribution is 6.04. The molecule has 5 N–H and O–H groups in total. The van der Waals surface area contributed by atoms with Gasteiger partial charge >= 0.3 is 0 Å². The lowest BCUT2D eigenvalue weighted by molar-refractivity contribution is 0.102. The van der Waals surface area contributed by atoms with Crippen LogP contribution in [0.15, 0.2) is 164 Å². The van der Waals surface area contributed by atoms with Gasteiger partial charge in [-0.1, -0.05) is 12.1 Å². The van der Waals surface area contributed by atoms with Crippen molar-refractivity contribution in [1.82, 2.24) is 39.8 Å². The van der Waals surface area contributed by atoms with Crippen molar-refractivity contribution in [1.29, 1.82) is 0 Å². The molecular formula is C74H71N9O+4. The molecule has 12 rings (SSSR count). The third-order valence-corrected chi connectivity index (χ3v) is 16.3. The molecule has 8 bridgehead atoms. The number of aromatic nitrogens is 7. The summed E-state index contributed by atoms with van der Waals surface area (Å²) in [7, 11) is 0. The smallest absolute Gasteiger partial charge is 0.264 e. The molecule has 7 aromatic heterocycles. The Kier molecular flexibility index (Phi) is 14.8. The lowest BCUT2D eigenvalue weighted by Crippen LogP contribution is -2.24. The average Bonchev–Trinajstić information content (AvgIpc) is 2.11. The fourth-order valence-corrected chi connectivity index (χ4v) is 12.8. The summed E-state index contributed by atoms with van der Waals surface area (Å²) in [5.41, 5.74) is 28.9. The number of nitrogens with one attached hydrogen (secondary N) is 5. The van der Waals surface area contributed by atoms with E-state index in [2.05, 4.69) is 208 Å². The summed E-state index contributed by atoms with van der Waals surface area (Å²) in [4.78, 5) is 47.3. The van der Waals surface area contributed by atoms with Crippen LogP contribution in [0.25, 0.3) is 0 Å². The number of H-pyrrole nitrogens is 4. The molecule has 0 saturated heterocycles. The maximum Gasteiger partial charge on any atom is 0.264 e. The summed E-state index contributed by atoms with van der Waals surface area (Å²) < 4.78 is 0. The number of aryl methyl sites for hydroxylation is 11. The van der Waals surface area contributed by atoms with Crippen LogP contribution in [0.4, 0.5) is 5.69 Å². The van der Waals surface area contributed by atoms with E-state index in [9.17, 15) is 4.79 Å². The molecule has 414 valence electrons. The van der Waals surface area contributed by atoms with Gasteiger partial charge in [-0.2, -0.15) is 0 Å². The highest BCUT2D eigenvalue weighted by Crippen LogP contribution is 2.44. The molecule has 0 fully saturated rings. The van der Waals surface area contributed by atoms with Gasteiger partial charge < -0.3 is 19.9 Å². The van der Waals surface area contributed by atoms with E-state index >= 15 is 0 Å². The first kappa shape index (κ1) is 54.9. The molecule has 10 nitrogen and oxygen atoms in total. The van der Waals surface area contributed by atoms with Crippen LogP contribution in [0.1, 0.15) is 156 Å². The summed E-state index contributed by atoms with van der Waals surface area (Å²) >= 11 is 0. The highest BCUT2D eigenvalue weighted by atomic mass is 16.1. The number of fused-ring (bicyclic) bond motifs is 8. The zero-order valence-corrected chi connectivity index (χ0v) is 49.9. The molecule has 1 aliphatic heterocycles. The summed E-state index contributed by atoms with van der Waals surface area (Å²) in [6.45, 7) is 25.6. The quantitative estimate of drug-likeness (QED) is 0.0777. The number of pyridine rings is 3. The van der Waals surface area contributed by atoms with E-state index in [4.69, 9.17) is 15.0 Å². The monoisotopic (exact) mass is 1100 g/mol. The minimum Gasteiger partial charge on any atom is -0.327 e. The van der Waals surface area contributed by atoms with Crippen molar-refractivity contribution in [2.75, 3.05) is 5.32 Å². The van der Waals surface area contributed by atoms with Gasteiger partial charge in [-0.3, -0.25) is 30.0 Å². The Morgan fingerprint density at radius 1 is 0.381 bits per heavy atom. The Labute approximate surface area is 494 Å². The van der Waals surface area contributed by atoms with E-state index in [1.165, 1.54) is 55.6 Å². The van der Waals surface area contributed by atoms with Crippen molar-refractivity contribution in [3.63, 3.8) is 0 Å². The minimum absolute atomic E-state index is 0.265. The van der Waals surface area contributed by atoms with Crippen LogP contribution >= 0.6 is 0 Å². The van der Waals surface area contributed by atoms with Crippen LogP contribution in [-0.2, 0) is 19.6 Å². The van der Waals surface area contributed by atoms with Crippen LogP contribution in [0, 0.1) is 99.8 Å². The Balaban J connectivity index is 0.963. The normalized spacial score (nSPS) is 12.4. The molecule has 0 spiro atoms. The molecule has 0 saturated carbocycles. The lowest BCUT2D eigenvalue weighted by atomic mass is 9.85. The zero-order chi connectivity index (χ0) is 58.5. The number of carbonyl (C=O) groups excluding carboxylic acids is 1. The van der Waals surface area contributed by atoms with Crippen LogP contribution in [0.3, 0.4) is 0 Å². The van der Waals surface area contributed by atoms with Crippen molar-refractivity contribution in [3.05, 3.63) is 340 Å². The van der Waals surface area contributed by atoms with E-state index in [1.807, 2.05) is 56.6 Å². The van der Waals surface area contributed by atoms with E-state index < -0.39 is 0 Å². The molecule has 1 amide bonds. The maximum absolute atomic E-state index is 14.7. The molecule has 8 heterocycles. The first-order chi connectivity index (χ1) is 40.5. The van der Waals surface area contributed by atoms with Gasteiger partial charge in [0.05, 0.1) is 87.9 Å². The van der Waals surface area contributed by atoms with Crippen LogP contribution in [0.5, 0.6) is 0 Å². The van der Waals surface area contributed by atoms with Crippen LogP contribution in [-0.4, -0.2) is 45.7 Å². The summed E-state index contributed by atoms with van der Waals surface area (Å²) in [6, 6.07) is 51.5. The van der Waals surface area contributed by atoms with Crippen molar-refractivity contribution in [2.45, 2.75) is 95.8 Å². The summed E-state index contributed by atoms with van der Waals surface area (Å²) in [6.07, 6.45) is 5.48. The number of anilines is 1. The molecule has 84 heavy (non-hydrogen) atoms. The average molecular weight is 1100 g/mol. The van der Waals surface area contributed by atoms with Crippen LogP contribution in [0.2, 0.25) is 0 Å². The fraction of sp³-hybridized carbons (Fsp3) is 0.189. The van der Waals surface area contributed by atoms with E-state index in [1.54, 1.807) is 6.20 Å². The Bertz CT molecular complexity index is 3950. The minimum atomic E-state index is -0.265.